The second kappa shape index (κ2) is 4.59. The van der Waals surface area contributed by atoms with Crippen LogP contribution in [0.3, 0.4) is 0 Å². The summed E-state index contributed by atoms with van der Waals surface area (Å²) in [4.78, 5) is 4.56. The molecule has 1 rings (SSSR count). The normalized spacial score (nSPS) is 25.1. The molecule has 2 heteroatoms. The molecule has 0 bridgehead atoms. The van der Waals surface area contributed by atoms with Gasteiger partial charge in [0.25, 0.3) is 0 Å². The van der Waals surface area contributed by atoms with Crippen molar-refractivity contribution in [2.45, 2.75) is 40.2 Å². The Morgan fingerprint density at radius 1 is 1.33 bits per heavy atom. The van der Waals surface area contributed by atoms with Gasteiger partial charge >= 0.3 is 0 Å². The summed E-state index contributed by atoms with van der Waals surface area (Å²) in [5.41, 5.74) is 1.24. The SMILES string of the molecule is C[C-](C)C1(C)C=C(C(C)C)C=CC=N1.[Rf]. The molecule has 0 aromatic rings. The molecule has 0 radical (unpaired) electrons. The van der Waals surface area contributed by atoms with Crippen LogP contribution in [-0.4, -0.2) is 11.8 Å². The average molecular weight is 457 g/mol. The van der Waals surface area contributed by atoms with Gasteiger partial charge in [-0.25, -0.2) is 0 Å². The van der Waals surface area contributed by atoms with Crippen LogP contribution < -0.4 is 0 Å². The first-order chi connectivity index (χ1) is 6.46. The summed E-state index contributed by atoms with van der Waals surface area (Å²) in [7, 11) is 0. The molecule has 0 N–H and O–H groups in total. The van der Waals surface area contributed by atoms with Crippen LogP contribution in [0.15, 0.2) is 28.8 Å². The summed E-state index contributed by atoms with van der Waals surface area (Å²) in [6.45, 7) is 10.9. The molecule has 1 aliphatic heterocycles. The Kier molecular flexibility index (Phi) is 4.02. The molecule has 0 aromatic heterocycles. The average Bonchev–Trinajstić information content (AvgIpc) is 2.28. The van der Waals surface area contributed by atoms with E-state index in [0.717, 1.165) is 0 Å². The summed E-state index contributed by atoms with van der Waals surface area (Å²) in [6.07, 6.45) is 8.36. The third-order valence-corrected chi connectivity index (χ3v) is 2.84. The van der Waals surface area contributed by atoms with Crippen LogP contribution in [0.4, 0.5) is 0 Å². The van der Waals surface area contributed by atoms with Gasteiger partial charge in [-0.15, -0.1) is 0 Å². The van der Waals surface area contributed by atoms with Crippen molar-refractivity contribution in [1.29, 1.82) is 0 Å². The number of hydrogen-bond donors (Lipinski definition) is 0. The van der Waals surface area contributed by atoms with Gasteiger partial charge in [0.15, 0.2) is 0 Å². The molecule has 1 nitrogen and oxygen atoms in total. The van der Waals surface area contributed by atoms with Crippen LogP contribution >= 0.6 is 0 Å². The number of rotatable bonds is 2. The maximum atomic E-state index is 4.56. The van der Waals surface area contributed by atoms with E-state index in [9.17, 15) is 0 Å². The molecule has 1 unspecified atom stereocenters. The molecule has 1 atom stereocenters. The van der Waals surface area contributed by atoms with Crippen LogP contribution in [-0.2, 0) is 0 Å². The van der Waals surface area contributed by atoms with Crippen molar-refractivity contribution in [1.82, 2.24) is 0 Å². The zero-order chi connectivity index (χ0) is 10.8. The Morgan fingerprint density at radius 2 is 1.93 bits per heavy atom. The van der Waals surface area contributed by atoms with Crippen molar-refractivity contribution in [2.75, 3.05) is 0 Å². The van der Waals surface area contributed by atoms with Crippen LogP contribution in [0, 0.1) is 11.8 Å². The van der Waals surface area contributed by atoms with Crippen molar-refractivity contribution in [3.63, 3.8) is 0 Å². The molecule has 15 heavy (non-hydrogen) atoms. The van der Waals surface area contributed by atoms with Gasteiger partial charge < -0.3 is 4.99 Å². The predicted molar refractivity (Wildman–Crippen MR) is 63.5 cm³/mol. The van der Waals surface area contributed by atoms with E-state index in [-0.39, 0.29) is 5.54 Å². The molecule has 0 fully saturated rings. The molecule has 0 spiro atoms. The molecule has 1 heterocycles. The van der Waals surface area contributed by atoms with Crippen molar-refractivity contribution >= 4 is 6.21 Å². The third-order valence-electron chi connectivity index (χ3n) is 2.84. The first-order valence-corrected chi connectivity index (χ1v) is 5.21. The number of aliphatic imine (C=N–C) groups is 1. The summed E-state index contributed by atoms with van der Waals surface area (Å²) >= 11 is 0. The van der Waals surface area contributed by atoms with Crippen molar-refractivity contribution in [3.8, 4) is 0 Å². The Balaban J connectivity index is 0.00000196. The van der Waals surface area contributed by atoms with Gasteiger partial charge in [-0.2, -0.15) is 13.8 Å². The van der Waals surface area contributed by atoms with E-state index >= 15 is 0 Å². The number of hydrogen-bond acceptors (Lipinski definition) is 1. The molecule has 0 saturated carbocycles. The van der Waals surface area contributed by atoms with Crippen molar-refractivity contribution in [2.24, 2.45) is 10.9 Å². The Morgan fingerprint density at radius 3 is 2.40 bits per heavy atom. The third kappa shape index (κ3) is 2.80. The van der Waals surface area contributed by atoms with E-state index in [1.54, 1.807) is 0 Å². The Hall–Kier alpha value is -1.85. The molecule has 0 saturated heterocycles. The fourth-order valence-electron chi connectivity index (χ4n) is 1.39. The first-order valence-electron chi connectivity index (χ1n) is 5.21. The van der Waals surface area contributed by atoms with Gasteiger partial charge in [0, 0.05) is 6.21 Å². The van der Waals surface area contributed by atoms with Crippen LogP contribution in [0.1, 0.15) is 34.6 Å². The molecule has 0 amide bonds. The summed E-state index contributed by atoms with van der Waals surface area (Å²) in [5.74, 6) is 1.89. The number of allylic oxidation sites excluding steroid dienone is 3. The molecule has 0 aliphatic carbocycles. The summed E-state index contributed by atoms with van der Waals surface area (Å²) in [5, 5.41) is 0. The van der Waals surface area contributed by atoms with Crippen molar-refractivity contribution in [3.05, 3.63) is 29.7 Å². The fourth-order valence-corrected chi connectivity index (χ4v) is 1.39. The quantitative estimate of drug-likeness (QED) is 0.563. The van der Waals surface area contributed by atoms with E-state index in [0.29, 0.717) is 5.92 Å². The Bertz CT molecular complexity index is 287. The van der Waals surface area contributed by atoms with Gasteiger partial charge in [0.05, 0.1) is 0 Å². The van der Waals surface area contributed by atoms with Crippen LogP contribution in [0.2, 0.25) is 0 Å². The molecule has 1 aliphatic rings. The van der Waals surface area contributed by atoms with E-state index in [1.807, 2.05) is 12.3 Å². The fraction of sp³-hybridized carbons (Fsp3) is 0.538. The standard InChI is InChI=1S/C13H20N.Rf/c1-10(2)12-7-6-8-14-13(5,9-12)11(3)4;/h6-10H,1-5H3;/q-1;. The maximum Gasteiger partial charge on any atom is 0.0190 e. The van der Waals surface area contributed by atoms with E-state index in [1.165, 1.54) is 11.5 Å². The van der Waals surface area contributed by atoms with E-state index in [2.05, 4.69) is 51.8 Å². The van der Waals surface area contributed by atoms with E-state index < -0.39 is 0 Å². The van der Waals surface area contributed by atoms with Crippen molar-refractivity contribution < 1.29 is 0 Å². The van der Waals surface area contributed by atoms with Gasteiger partial charge in [-0.3, -0.25) is 5.92 Å². The minimum absolute atomic E-state index is 0. The molecule has 80 valence electrons. The summed E-state index contributed by atoms with van der Waals surface area (Å²) < 4.78 is 0. The minimum atomic E-state index is -0.122. The second-order valence-corrected chi connectivity index (χ2v) is 4.58. The minimum Gasteiger partial charge on any atom is -0.315 e. The smallest absolute Gasteiger partial charge is 0.0190 e. The Labute approximate surface area is 87.6 Å². The van der Waals surface area contributed by atoms with Crippen LogP contribution in [0.25, 0.3) is 0 Å². The molecular formula is C13H20NRf-. The summed E-state index contributed by atoms with van der Waals surface area (Å²) in [6, 6.07) is 0. The first kappa shape index (κ1) is 13.2. The van der Waals surface area contributed by atoms with Crippen LogP contribution in [0.5, 0.6) is 0 Å². The van der Waals surface area contributed by atoms with E-state index in [4.69, 9.17) is 0 Å². The monoisotopic (exact) mass is 457 g/mol. The zero-order valence-electron chi connectivity index (χ0n) is 10.5. The topological polar surface area (TPSA) is 12.4 Å². The molecule has 0 aromatic carbocycles. The second-order valence-electron chi connectivity index (χ2n) is 4.58. The zero-order valence-corrected chi connectivity index (χ0v) is 16.9. The largest absolute Gasteiger partial charge is 0.315 e. The van der Waals surface area contributed by atoms with Gasteiger partial charge in [0.1, 0.15) is 0 Å². The number of nitrogens with zero attached hydrogens (tertiary/aromatic N) is 1. The predicted octanol–water partition coefficient (Wildman–Crippen LogP) is 3.58. The molecular weight excluding hydrogens is 437 g/mol. The van der Waals surface area contributed by atoms with Gasteiger partial charge in [-0.1, -0.05) is 32.9 Å². The van der Waals surface area contributed by atoms with Gasteiger partial charge in [-0.05, 0) is 23.1 Å². The maximum absolute atomic E-state index is 4.56. The van der Waals surface area contributed by atoms with Gasteiger partial charge in [0.2, 0.25) is 0 Å².